The van der Waals surface area contributed by atoms with E-state index >= 15 is 0 Å². The van der Waals surface area contributed by atoms with Crippen LogP contribution in [0.3, 0.4) is 0 Å². The molecule has 1 fully saturated rings. The first-order valence-corrected chi connectivity index (χ1v) is 11.3. The Morgan fingerprint density at radius 1 is 1.12 bits per heavy atom. The molecule has 9 heteroatoms. The predicted octanol–water partition coefficient (Wildman–Crippen LogP) is 2.96. The van der Waals surface area contributed by atoms with Gasteiger partial charge in [0.1, 0.15) is 0 Å². The fraction of sp³-hybridized carbons (Fsp3) is 0.333. The maximum atomic E-state index is 13.2. The number of fused-ring (bicyclic) bond motifs is 3. The molecule has 1 unspecified atom stereocenters. The van der Waals surface area contributed by atoms with Crippen LogP contribution in [0.25, 0.3) is 21.7 Å². The van der Waals surface area contributed by atoms with Crippen LogP contribution in [0.5, 0.6) is 0 Å². The molecule has 4 aromatic rings. The first kappa shape index (κ1) is 21.3. The van der Waals surface area contributed by atoms with Crippen molar-refractivity contribution in [2.75, 3.05) is 18.0 Å². The van der Waals surface area contributed by atoms with Crippen LogP contribution in [0.2, 0.25) is 0 Å². The van der Waals surface area contributed by atoms with Crippen LogP contribution in [-0.4, -0.2) is 55.1 Å². The zero-order valence-electron chi connectivity index (χ0n) is 18.6. The van der Waals surface area contributed by atoms with Crippen molar-refractivity contribution in [3.63, 3.8) is 0 Å². The van der Waals surface area contributed by atoms with Gasteiger partial charge in [0.15, 0.2) is 0 Å². The Morgan fingerprint density at radius 2 is 1.85 bits per heavy atom. The van der Waals surface area contributed by atoms with Crippen molar-refractivity contribution in [2.24, 2.45) is 5.73 Å². The van der Waals surface area contributed by atoms with Gasteiger partial charge in [0.25, 0.3) is 0 Å². The second-order valence-electron chi connectivity index (χ2n) is 8.40. The number of anilines is 1. The van der Waals surface area contributed by atoms with E-state index in [9.17, 15) is 10.0 Å². The lowest BCUT2D eigenvalue weighted by atomic mass is 10.0. The highest BCUT2D eigenvalue weighted by Crippen LogP contribution is 2.27. The summed E-state index contributed by atoms with van der Waals surface area (Å²) >= 11 is 0. The number of hydroxylamine groups is 2. The summed E-state index contributed by atoms with van der Waals surface area (Å²) in [5.74, 6) is 0.0915. The van der Waals surface area contributed by atoms with E-state index in [1.54, 1.807) is 4.57 Å². The Hall–Kier alpha value is -3.56. The van der Waals surface area contributed by atoms with Crippen LogP contribution in [0.4, 0.5) is 5.95 Å². The Labute approximate surface area is 191 Å². The number of rotatable bonds is 5. The highest BCUT2D eigenvalue weighted by atomic mass is 16.5. The zero-order valence-corrected chi connectivity index (χ0v) is 18.6. The third-order valence-electron chi connectivity index (χ3n) is 6.20. The van der Waals surface area contributed by atoms with Gasteiger partial charge in [-0.1, -0.05) is 42.5 Å². The average molecular weight is 446 g/mol. The maximum absolute atomic E-state index is 13.2. The molecule has 2 aromatic heterocycles. The van der Waals surface area contributed by atoms with Gasteiger partial charge >= 0.3 is 5.91 Å². The summed E-state index contributed by atoms with van der Waals surface area (Å²) in [6.07, 6.45) is 1.94. The predicted molar refractivity (Wildman–Crippen MR) is 126 cm³/mol. The molecule has 1 aliphatic rings. The molecule has 5 rings (SSSR count). The van der Waals surface area contributed by atoms with Crippen molar-refractivity contribution in [1.29, 1.82) is 0 Å². The van der Waals surface area contributed by atoms with Gasteiger partial charge < -0.3 is 10.6 Å². The normalized spacial score (nSPS) is 16.5. The molecule has 3 N–H and O–H groups in total. The lowest BCUT2D eigenvalue weighted by Crippen LogP contribution is -2.44. The number of benzene rings is 2. The second-order valence-corrected chi connectivity index (χ2v) is 8.40. The molecule has 33 heavy (non-hydrogen) atoms. The molecule has 3 heterocycles. The van der Waals surface area contributed by atoms with E-state index < -0.39 is 5.91 Å². The van der Waals surface area contributed by atoms with E-state index in [-0.39, 0.29) is 18.4 Å². The lowest BCUT2D eigenvalue weighted by molar-refractivity contribution is -0.0663. The zero-order chi connectivity index (χ0) is 22.9. The van der Waals surface area contributed by atoms with E-state index in [1.807, 2.05) is 55.5 Å². The van der Waals surface area contributed by atoms with Crippen molar-refractivity contribution in [2.45, 2.75) is 38.9 Å². The van der Waals surface area contributed by atoms with Crippen molar-refractivity contribution in [3.05, 3.63) is 60.0 Å². The number of nitrogens with zero attached hydrogens (tertiary/aromatic N) is 6. The summed E-state index contributed by atoms with van der Waals surface area (Å²) < 4.78 is 1.73. The molecule has 1 saturated heterocycles. The number of carbonyl (C=O) groups is 1. The van der Waals surface area contributed by atoms with Crippen LogP contribution in [0, 0.1) is 0 Å². The van der Waals surface area contributed by atoms with Gasteiger partial charge in [-0.2, -0.15) is 0 Å². The molecule has 0 radical (unpaired) electrons. The number of hydrogen-bond acceptors (Lipinski definition) is 7. The minimum Gasteiger partial charge on any atom is -0.339 e. The average Bonchev–Trinajstić information content (AvgIpc) is 3.28. The maximum Gasteiger partial charge on any atom is 0.315 e. The third kappa shape index (κ3) is 3.90. The number of pyridine rings is 1. The first-order chi connectivity index (χ1) is 16.1. The highest BCUT2D eigenvalue weighted by Gasteiger charge is 2.28. The standard InChI is InChI=1S/C24H27N7O2/c1-2-30-22(27-28-24(30)29-13-7-8-16(25)14-29)23(32)31(33)15-21-19-11-4-3-9-17(19)18-10-5-6-12-20(18)26-21/h3-6,9-12,16,33H,2,7-8,13-15,25H2,1H3. The summed E-state index contributed by atoms with van der Waals surface area (Å²) in [5.41, 5.74) is 7.55. The van der Waals surface area contributed by atoms with Crippen LogP contribution in [0.1, 0.15) is 36.1 Å². The monoisotopic (exact) mass is 445 g/mol. The van der Waals surface area contributed by atoms with Crippen LogP contribution < -0.4 is 10.6 Å². The number of amides is 1. The molecule has 1 atom stereocenters. The molecule has 9 nitrogen and oxygen atoms in total. The summed E-state index contributed by atoms with van der Waals surface area (Å²) in [7, 11) is 0. The van der Waals surface area contributed by atoms with Gasteiger partial charge in [-0.05, 0) is 31.2 Å². The Balaban J connectivity index is 1.46. The van der Waals surface area contributed by atoms with Crippen molar-refractivity contribution in [3.8, 4) is 0 Å². The van der Waals surface area contributed by atoms with Gasteiger partial charge in [0.2, 0.25) is 11.8 Å². The quantitative estimate of drug-likeness (QED) is 0.276. The summed E-state index contributed by atoms with van der Waals surface area (Å²) in [4.78, 5) is 20.0. The SMILES string of the molecule is CCn1c(C(=O)N(O)Cc2nc3ccccc3c3ccccc23)nnc1N1CCCC(N)C1. The Bertz CT molecular complexity index is 1320. The molecule has 0 aliphatic carbocycles. The fourth-order valence-electron chi connectivity index (χ4n) is 4.59. The number of piperidine rings is 1. The van der Waals surface area contributed by atoms with Crippen molar-refractivity contribution < 1.29 is 10.0 Å². The Morgan fingerprint density at radius 3 is 2.61 bits per heavy atom. The summed E-state index contributed by atoms with van der Waals surface area (Å²) in [6, 6.07) is 15.8. The van der Waals surface area contributed by atoms with Gasteiger partial charge in [-0.3, -0.25) is 19.6 Å². The topological polar surface area (TPSA) is 113 Å². The van der Waals surface area contributed by atoms with Crippen molar-refractivity contribution in [1.82, 2.24) is 24.8 Å². The minimum atomic E-state index is -0.615. The summed E-state index contributed by atoms with van der Waals surface area (Å²) in [6.45, 7) is 3.84. The van der Waals surface area contributed by atoms with E-state index in [1.165, 1.54) is 0 Å². The smallest absolute Gasteiger partial charge is 0.315 e. The Kier molecular flexibility index (Phi) is 5.65. The minimum absolute atomic E-state index is 0.0648. The van der Waals surface area contributed by atoms with Crippen LogP contribution >= 0.6 is 0 Å². The second kappa shape index (κ2) is 8.76. The van der Waals surface area contributed by atoms with Gasteiger partial charge in [0, 0.05) is 36.4 Å². The molecule has 0 saturated carbocycles. The van der Waals surface area contributed by atoms with E-state index in [0.29, 0.717) is 29.8 Å². The van der Waals surface area contributed by atoms with E-state index in [2.05, 4.69) is 15.1 Å². The molecular weight excluding hydrogens is 418 g/mol. The molecule has 0 spiro atoms. The molecular formula is C24H27N7O2. The largest absolute Gasteiger partial charge is 0.339 e. The third-order valence-corrected chi connectivity index (χ3v) is 6.20. The first-order valence-electron chi connectivity index (χ1n) is 11.3. The fourth-order valence-corrected chi connectivity index (χ4v) is 4.59. The number of para-hydroxylation sites is 1. The van der Waals surface area contributed by atoms with Crippen LogP contribution in [-0.2, 0) is 13.1 Å². The van der Waals surface area contributed by atoms with E-state index in [4.69, 9.17) is 10.7 Å². The lowest BCUT2D eigenvalue weighted by Gasteiger charge is -2.31. The number of hydrogen-bond donors (Lipinski definition) is 2. The van der Waals surface area contributed by atoms with E-state index in [0.717, 1.165) is 41.1 Å². The molecule has 2 aromatic carbocycles. The molecule has 0 bridgehead atoms. The molecule has 1 amide bonds. The van der Waals surface area contributed by atoms with Gasteiger partial charge in [-0.15, -0.1) is 10.2 Å². The summed E-state index contributed by atoms with van der Waals surface area (Å²) in [5, 5.41) is 22.8. The number of nitrogens with two attached hydrogens (primary N) is 1. The highest BCUT2D eigenvalue weighted by molar-refractivity contribution is 6.06. The molecule has 1 aliphatic heterocycles. The number of aromatic nitrogens is 4. The van der Waals surface area contributed by atoms with Gasteiger partial charge in [-0.25, -0.2) is 5.06 Å². The molecule has 170 valence electrons. The van der Waals surface area contributed by atoms with Gasteiger partial charge in [0.05, 0.1) is 17.8 Å². The number of carbonyl (C=O) groups excluding carboxylic acids is 1. The van der Waals surface area contributed by atoms with Crippen LogP contribution in [0.15, 0.2) is 48.5 Å². The van der Waals surface area contributed by atoms with Crippen molar-refractivity contribution >= 4 is 33.5 Å².